The second kappa shape index (κ2) is 7.36. The molecule has 0 amide bonds. The fourth-order valence-electron chi connectivity index (χ4n) is 3.51. The van der Waals surface area contributed by atoms with Crippen LogP contribution in [-0.4, -0.2) is 16.9 Å². The Morgan fingerprint density at radius 3 is 2.24 bits per heavy atom. The Labute approximate surface area is 147 Å². The van der Waals surface area contributed by atoms with E-state index in [2.05, 4.69) is 5.92 Å². The fraction of sp³-hybridized carbons (Fsp3) is 0.273. The number of carbonyl (C=O) groups excluding carboxylic acids is 1. The maximum atomic E-state index is 12.7. The molecule has 1 N–H and O–H groups in total. The SMILES string of the molecule is C#Cc1ccc(C(=O)c2ccc(C3CCCCC3)cc2)c(C(=O)O)c1. The molecule has 2 aromatic carbocycles. The largest absolute Gasteiger partial charge is 0.478 e. The van der Waals surface area contributed by atoms with Crippen molar-refractivity contribution in [1.82, 2.24) is 0 Å². The average molecular weight is 332 g/mol. The second-order valence-electron chi connectivity index (χ2n) is 6.50. The van der Waals surface area contributed by atoms with E-state index < -0.39 is 5.97 Å². The zero-order valence-corrected chi connectivity index (χ0v) is 14.0. The first-order valence-corrected chi connectivity index (χ1v) is 8.59. The molecule has 1 fully saturated rings. The third-order valence-corrected chi connectivity index (χ3v) is 4.91. The van der Waals surface area contributed by atoms with Gasteiger partial charge in [0, 0.05) is 16.7 Å². The van der Waals surface area contributed by atoms with Crippen LogP contribution in [0, 0.1) is 12.3 Å². The highest BCUT2D eigenvalue weighted by Gasteiger charge is 2.20. The topological polar surface area (TPSA) is 54.4 Å². The van der Waals surface area contributed by atoms with Crippen LogP contribution in [0.5, 0.6) is 0 Å². The van der Waals surface area contributed by atoms with Gasteiger partial charge in [-0.25, -0.2) is 4.79 Å². The van der Waals surface area contributed by atoms with Crippen LogP contribution in [0.3, 0.4) is 0 Å². The molecule has 0 aliphatic heterocycles. The molecular weight excluding hydrogens is 312 g/mol. The summed E-state index contributed by atoms with van der Waals surface area (Å²) in [6.07, 6.45) is 11.5. The van der Waals surface area contributed by atoms with Gasteiger partial charge in [-0.15, -0.1) is 6.42 Å². The van der Waals surface area contributed by atoms with Gasteiger partial charge in [-0.1, -0.05) is 49.4 Å². The third-order valence-electron chi connectivity index (χ3n) is 4.91. The minimum atomic E-state index is -1.15. The molecule has 1 saturated carbocycles. The van der Waals surface area contributed by atoms with Crippen LogP contribution in [0.1, 0.15) is 75.4 Å². The summed E-state index contributed by atoms with van der Waals surface area (Å²) in [5.41, 5.74) is 2.31. The molecule has 0 bridgehead atoms. The van der Waals surface area contributed by atoms with Crippen molar-refractivity contribution in [2.45, 2.75) is 38.0 Å². The lowest BCUT2D eigenvalue weighted by atomic mass is 9.83. The van der Waals surface area contributed by atoms with E-state index in [0.717, 1.165) is 0 Å². The standard InChI is InChI=1S/C22H20O3/c1-2-15-8-13-19(20(14-15)22(24)25)21(23)18-11-9-17(10-12-18)16-6-4-3-5-7-16/h1,8-14,16H,3-7H2,(H,24,25). The van der Waals surface area contributed by atoms with Gasteiger partial charge in [-0.2, -0.15) is 0 Å². The lowest BCUT2D eigenvalue weighted by Crippen LogP contribution is -2.10. The van der Waals surface area contributed by atoms with Crippen LogP contribution in [-0.2, 0) is 0 Å². The Balaban J connectivity index is 1.88. The first-order valence-electron chi connectivity index (χ1n) is 8.59. The molecule has 3 heteroatoms. The highest BCUT2D eigenvalue weighted by Crippen LogP contribution is 2.32. The summed E-state index contributed by atoms with van der Waals surface area (Å²) < 4.78 is 0. The molecule has 2 aromatic rings. The summed E-state index contributed by atoms with van der Waals surface area (Å²) >= 11 is 0. The molecule has 0 saturated heterocycles. The van der Waals surface area contributed by atoms with E-state index in [-0.39, 0.29) is 16.9 Å². The maximum Gasteiger partial charge on any atom is 0.336 e. The molecule has 126 valence electrons. The smallest absolute Gasteiger partial charge is 0.336 e. The zero-order valence-electron chi connectivity index (χ0n) is 14.0. The summed E-state index contributed by atoms with van der Waals surface area (Å²) in [6, 6.07) is 12.1. The third kappa shape index (κ3) is 3.64. The van der Waals surface area contributed by atoms with Crippen molar-refractivity contribution in [3.63, 3.8) is 0 Å². The first-order chi connectivity index (χ1) is 12.1. The lowest BCUT2D eigenvalue weighted by molar-refractivity contribution is 0.0692. The van der Waals surface area contributed by atoms with Crippen LogP contribution >= 0.6 is 0 Å². The van der Waals surface area contributed by atoms with Crippen molar-refractivity contribution in [2.24, 2.45) is 0 Å². The van der Waals surface area contributed by atoms with Crippen LogP contribution < -0.4 is 0 Å². The van der Waals surface area contributed by atoms with E-state index in [1.165, 1.54) is 49.8 Å². The lowest BCUT2D eigenvalue weighted by Gasteiger charge is -2.22. The van der Waals surface area contributed by atoms with Gasteiger partial charge >= 0.3 is 5.97 Å². The highest BCUT2D eigenvalue weighted by molar-refractivity contribution is 6.14. The highest BCUT2D eigenvalue weighted by atomic mass is 16.4. The molecule has 0 atom stereocenters. The predicted octanol–water partition coefficient (Wildman–Crippen LogP) is 4.64. The van der Waals surface area contributed by atoms with Gasteiger partial charge in [0.05, 0.1) is 5.56 Å². The number of benzene rings is 2. The van der Waals surface area contributed by atoms with E-state index in [4.69, 9.17) is 6.42 Å². The number of terminal acetylenes is 1. The molecule has 3 rings (SSSR count). The van der Waals surface area contributed by atoms with Crippen molar-refractivity contribution in [3.05, 3.63) is 70.3 Å². The second-order valence-corrected chi connectivity index (χ2v) is 6.50. The number of aromatic carboxylic acids is 1. The minimum Gasteiger partial charge on any atom is -0.478 e. The van der Waals surface area contributed by atoms with E-state index in [1.54, 1.807) is 18.2 Å². The molecule has 1 aliphatic rings. The van der Waals surface area contributed by atoms with Gasteiger partial charge in [0.15, 0.2) is 5.78 Å². The normalized spacial score (nSPS) is 14.7. The van der Waals surface area contributed by atoms with Gasteiger partial charge in [0.2, 0.25) is 0 Å². The Morgan fingerprint density at radius 2 is 1.64 bits per heavy atom. The van der Waals surface area contributed by atoms with Crippen molar-refractivity contribution in [2.75, 3.05) is 0 Å². The summed E-state index contributed by atoms with van der Waals surface area (Å²) in [5, 5.41) is 9.37. The molecule has 25 heavy (non-hydrogen) atoms. The van der Waals surface area contributed by atoms with Crippen molar-refractivity contribution in [1.29, 1.82) is 0 Å². The molecular formula is C22H20O3. The number of hydrogen-bond acceptors (Lipinski definition) is 2. The molecule has 0 spiro atoms. The van der Waals surface area contributed by atoms with Gasteiger partial charge in [-0.3, -0.25) is 4.79 Å². The van der Waals surface area contributed by atoms with Gasteiger partial charge in [0.25, 0.3) is 0 Å². The van der Waals surface area contributed by atoms with Crippen molar-refractivity contribution < 1.29 is 14.7 Å². The number of hydrogen-bond donors (Lipinski definition) is 1. The maximum absolute atomic E-state index is 12.7. The quantitative estimate of drug-likeness (QED) is 0.655. The summed E-state index contributed by atoms with van der Waals surface area (Å²) in [6.45, 7) is 0. The van der Waals surface area contributed by atoms with E-state index in [1.807, 2.05) is 12.1 Å². The van der Waals surface area contributed by atoms with Crippen LogP contribution in [0.25, 0.3) is 0 Å². The monoisotopic (exact) mass is 332 g/mol. The Hall–Kier alpha value is -2.86. The van der Waals surface area contributed by atoms with Gasteiger partial charge < -0.3 is 5.11 Å². The molecule has 0 heterocycles. The minimum absolute atomic E-state index is 0.0585. The summed E-state index contributed by atoms with van der Waals surface area (Å²) in [7, 11) is 0. The number of ketones is 1. The average Bonchev–Trinajstić information content (AvgIpc) is 2.67. The molecule has 1 aliphatic carbocycles. The molecule has 0 radical (unpaired) electrons. The number of rotatable bonds is 4. The summed E-state index contributed by atoms with van der Waals surface area (Å²) in [5.74, 6) is 1.52. The fourth-order valence-corrected chi connectivity index (χ4v) is 3.51. The number of carbonyl (C=O) groups is 2. The zero-order chi connectivity index (χ0) is 17.8. The van der Waals surface area contributed by atoms with Gasteiger partial charge in [0.1, 0.15) is 0 Å². The number of carboxylic acid groups (broad SMARTS) is 1. The molecule has 0 aromatic heterocycles. The van der Waals surface area contributed by atoms with E-state index >= 15 is 0 Å². The van der Waals surface area contributed by atoms with Crippen LogP contribution in [0.15, 0.2) is 42.5 Å². The van der Waals surface area contributed by atoms with E-state index in [0.29, 0.717) is 17.0 Å². The van der Waals surface area contributed by atoms with Crippen LogP contribution in [0.4, 0.5) is 0 Å². The first kappa shape index (κ1) is 17.0. The Morgan fingerprint density at radius 1 is 0.960 bits per heavy atom. The number of carboxylic acids is 1. The van der Waals surface area contributed by atoms with Gasteiger partial charge in [-0.05, 0) is 42.5 Å². The Bertz CT molecular complexity index is 835. The summed E-state index contributed by atoms with van der Waals surface area (Å²) in [4.78, 5) is 24.2. The Kier molecular flexibility index (Phi) is 5.00. The van der Waals surface area contributed by atoms with E-state index in [9.17, 15) is 14.7 Å². The molecule has 3 nitrogen and oxygen atoms in total. The van der Waals surface area contributed by atoms with Crippen molar-refractivity contribution >= 4 is 11.8 Å². The molecule has 0 unspecified atom stereocenters. The predicted molar refractivity (Wildman–Crippen MR) is 97.0 cm³/mol. The van der Waals surface area contributed by atoms with Crippen molar-refractivity contribution in [3.8, 4) is 12.3 Å². The van der Waals surface area contributed by atoms with Crippen LogP contribution in [0.2, 0.25) is 0 Å².